The van der Waals surface area contributed by atoms with Gasteiger partial charge < -0.3 is 4.74 Å². The summed E-state index contributed by atoms with van der Waals surface area (Å²) in [5.74, 6) is 3.65. The number of H-pyrrole nitrogens is 1. The van der Waals surface area contributed by atoms with Crippen molar-refractivity contribution in [2.24, 2.45) is 5.92 Å². The molecular weight excluding hydrogens is 282 g/mol. The Morgan fingerprint density at radius 1 is 1.19 bits per heavy atom. The minimum Gasteiger partial charge on any atom is -0.497 e. The third kappa shape index (κ3) is 3.79. The van der Waals surface area contributed by atoms with E-state index in [1.54, 1.807) is 18.9 Å². The lowest BCUT2D eigenvalue weighted by molar-refractivity contribution is 0.391. The van der Waals surface area contributed by atoms with Crippen LogP contribution in [0, 0.1) is 5.92 Å². The molecule has 1 saturated carbocycles. The van der Waals surface area contributed by atoms with Crippen LogP contribution in [0.2, 0.25) is 0 Å². The second-order valence-corrected chi connectivity index (χ2v) is 6.50. The molecule has 0 aliphatic heterocycles. The van der Waals surface area contributed by atoms with E-state index in [0.29, 0.717) is 0 Å². The third-order valence-electron chi connectivity index (χ3n) is 4.00. The van der Waals surface area contributed by atoms with E-state index in [4.69, 9.17) is 4.74 Å². The fourth-order valence-corrected chi connectivity index (χ4v) is 3.72. The first-order chi connectivity index (χ1) is 10.3. The average molecular weight is 303 g/mol. The van der Waals surface area contributed by atoms with Gasteiger partial charge in [0, 0.05) is 11.3 Å². The van der Waals surface area contributed by atoms with Gasteiger partial charge in [-0.2, -0.15) is 0 Å². The smallest absolute Gasteiger partial charge is 0.208 e. The van der Waals surface area contributed by atoms with E-state index in [1.807, 2.05) is 24.3 Å². The van der Waals surface area contributed by atoms with E-state index < -0.39 is 0 Å². The van der Waals surface area contributed by atoms with Crippen LogP contribution in [0.15, 0.2) is 29.4 Å². The molecule has 1 aliphatic rings. The van der Waals surface area contributed by atoms with Crippen molar-refractivity contribution in [1.82, 2.24) is 15.2 Å². The second-order valence-electron chi connectivity index (χ2n) is 5.51. The van der Waals surface area contributed by atoms with Gasteiger partial charge in [0.2, 0.25) is 5.16 Å². The fourth-order valence-electron chi connectivity index (χ4n) is 2.74. The highest BCUT2D eigenvalue weighted by atomic mass is 32.2. The highest BCUT2D eigenvalue weighted by Crippen LogP contribution is 2.29. The molecule has 1 heterocycles. The number of methoxy groups -OCH3 is 1. The summed E-state index contributed by atoms with van der Waals surface area (Å²) >= 11 is 1.77. The second kappa shape index (κ2) is 6.98. The number of benzene rings is 1. The van der Waals surface area contributed by atoms with Crippen molar-refractivity contribution in [3.05, 3.63) is 24.3 Å². The van der Waals surface area contributed by atoms with E-state index in [0.717, 1.165) is 34.0 Å². The van der Waals surface area contributed by atoms with Crippen LogP contribution in [0.25, 0.3) is 11.4 Å². The lowest BCUT2D eigenvalue weighted by Gasteiger charge is -2.20. The maximum absolute atomic E-state index is 5.17. The Labute approximate surface area is 129 Å². The molecule has 0 unspecified atom stereocenters. The predicted octanol–water partition coefficient (Wildman–Crippen LogP) is 4.15. The summed E-state index contributed by atoms with van der Waals surface area (Å²) in [7, 11) is 1.67. The highest BCUT2D eigenvalue weighted by molar-refractivity contribution is 7.99. The van der Waals surface area contributed by atoms with Crippen molar-refractivity contribution in [1.29, 1.82) is 0 Å². The maximum Gasteiger partial charge on any atom is 0.208 e. The van der Waals surface area contributed by atoms with E-state index >= 15 is 0 Å². The predicted molar refractivity (Wildman–Crippen MR) is 85.7 cm³/mol. The zero-order chi connectivity index (χ0) is 14.5. The molecule has 1 aliphatic carbocycles. The minimum atomic E-state index is 0.823. The number of nitrogens with one attached hydrogen (secondary N) is 1. The van der Waals surface area contributed by atoms with E-state index in [1.165, 1.54) is 32.1 Å². The van der Waals surface area contributed by atoms with Crippen LogP contribution >= 0.6 is 11.8 Å². The first kappa shape index (κ1) is 14.4. The van der Waals surface area contributed by atoms with Gasteiger partial charge in [-0.25, -0.2) is 4.98 Å². The Bertz CT molecular complexity index is 561. The Morgan fingerprint density at radius 3 is 2.67 bits per heavy atom. The number of aromatic nitrogens is 3. The van der Waals surface area contributed by atoms with Crippen molar-refractivity contribution in [3.8, 4) is 17.1 Å². The third-order valence-corrected chi connectivity index (χ3v) is 5.08. The number of hydrogen-bond donors (Lipinski definition) is 1. The normalized spacial score (nSPS) is 16.0. The number of thioether (sulfide) groups is 1. The summed E-state index contributed by atoms with van der Waals surface area (Å²) in [5, 5.41) is 8.19. The van der Waals surface area contributed by atoms with Gasteiger partial charge in [0.15, 0.2) is 5.82 Å². The van der Waals surface area contributed by atoms with Crippen molar-refractivity contribution < 1.29 is 4.74 Å². The summed E-state index contributed by atoms with van der Waals surface area (Å²) in [6.45, 7) is 0. The van der Waals surface area contributed by atoms with Crippen LogP contribution in [0.3, 0.4) is 0 Å². The molecule has 0 atom stereocenters. The van der Waals surface area contributed by atoms with Gasteiger partial charge in [-0.05, 0) is 43.0 Å². The molecule has 1 aromatic carbocycles. The SMILES string of the molecule is COc1ccc(-c2nc(SCC3CCCCC3)n[nH]2)cc1. The van der Waals surface area contributed by atoms with Crippen molar-refractivity contribution >= 4 is 11.8 Å². The Hall–Kier alpha value is -1.49. The number of aromatic amines is 1. The molecule has 21 heavy (non-hydrogen) atoms. The molecule has 4 nitrogen and oxygen atoms in total. The van der Waals surface area contributed by atoms with Crippen LogP contribution in [0.4, 0.5) is 0 Å². The molecule has 0 saturated heterocycles. The van der Waals surface area contributed by atoms with Crippen molar-refractivity contribution in [2.45, 2.75) is 37.3 Å². The number of hydrogen-bond acceptors (Lipinski definition) is 4. The molecule has 0 amide bonds. The molecular formula is C16H21N3OS. The molecule has 2 aromatic rings. The van der Waals surface area contributed by atoms with Crippen LogP contribution in [0.5, 0.6) is 5.75 Å². The van der Waals surface area contributed by atoms with Gasteiger partial charge in [0.25, 0.3) is 0 Å². The summed E-state index contributed by atoms with van der Waals surface area (Å²) < 4.78 is 5.17. The topological polar surface area (TPSA) is 50.8 Å². The largest absolute Gasteiger partial charge is 0.497 e. The standard InChI is InChI=1S/C16H21N3OS/c1-20-14-9-7-13(8-10-14)15-17-16(19-18-15)21-11-12-5-3-2-4-6-12/h7-10,12H,2-6,11H2,1H3,(H,17,18,19). The van der Waals surface area contributed by atoms with Crippen molar-refractivity contribution in [2.75, 3.05) is 12.9 Å². The van der Waals surface area contributed by atoms with Gasteiger partial charge in [0.1, 0.15) is 5.75 Å². The molecule has 0 spiro atoms. The molecule has 1 fully saturated rings. The summed E-state index contributed by atoms with van der Waals surface area (Å²) in [6, 6.07) is 7.86. The molecule has 0 bridgehead atoms. The number of nitrogens with zero attached hydrogens (tertiary/aromatic N) is 2. The Morgan fingerprint density at radius 2 is 1.95 bits per heavy atom. The fraction of sp³-hybridized carbons (Fsp3) is 0.500. The lowest BCUT2D eigenvalue weighted by atomic mass is 9.91. The molecule has 1 aromatic heterocycles. The number of rotatable bonds is 5. The zero-order valence-electron chi connectivity index (χ0n) is 12.3. The first-order valence-corrected chi connectivity index (χ1v) is 8.53. The molecule has 3 rings (SSSR count). The quantitative estimate of drug-likeness (QED) is 0.843. The molecule has 0 radical (unpaired) electrons. The van der Waals surface area contributed by atoms with Crippen LogP contribution in [0.1, 0.15) is 32.1 Å². The van der Waals surface area contributed by atoms with E-state index in [-0.39, 0.29) is 0 Å². The monoisotopic (exact) mass is 303 g/mol. The van der Waals surface area contributed by atoms with E-state index in [9.17, 15) is 0 Å². The maximum atomic E-state index is 5.17. The van der Waals surface area contributed by atoms with E-state index in [2.05, 4.69) is 15.2 Å². The average Bonchev–Trinajstić information content (AvgIpc) is 3.03. The molecule has 112 valence electrons. The zero-order valence-corrected chi connectivity index (χ0v) is 13.2. The minimum absolute atomic E-state index is 0.823. The van der Waals surface area contributed by atoms with Gasteiger partial charge in [-0.1, -0.05) is 31.0 Å². The van der Waals surface area contributed by atoms with Gasteiger partial charge >= 0.3 is 0 Å². The van der Waals surface area contributed by atoms with Crippen LogP contribution in [-0.2, 0) is 0 Å². The molecule has 5 heteroatoms. The van der Waals surface area contributed by atoms with Gasteiger partial charge in [-0.3, -0.25) is 5.10 Å². The van der Waals surface area contributed by atoms with Crippen LogP contribution < -0.4 is 4.74 Å². The first-order valence-electron chi connectivity index (χ1n) is 7.55. The highest BCUT2D eigenvalue weighted by Gasteiger charge is 2.15. The summed E-state index contributed by atoms with van der Waals surface area (Å²) in [5.41, 5.74) is 1.04. The molecule has 1 N–H and O–H groups in total. The summed E-state index contributed by atoms with van der Waals surface area (Å²) in [6.07, 6.45) is 6.90. The Balaban J connectivity index is 1.59. The lowest BCUT2D eigenvalue weighted by Crippen LogP contribution is -2.08. The Kier molecular flexibility index (Phi) is 4.80. The van der Waals surface area contributed by atoms with Gasteiger partial charge in [-0.15, -0.1) is 5.10 Å². The number of ether oxygens (including phenoxy) is 1. The van der Waals surface area contributed by atoms with Gasteiger partial charge in [0.05, 0.1) is 7.11 Å². The van der Waals surface area contributed by atoms with Crippen LogP contribution in [-0.4, -0.2) is 28.0 Å². The van der Waals surface area contributed by atoms with Crippen molar-refractivity contribution in [3.63, 3.8) is 0 Å². The summed E-state index contributed by atoms with van der Waals surface area (Å²) in [4.78, 5) is 4.58.